The summed E-state index contributed by atoms with van der Waals surface area (Å²) < 4.78 is 12.3. The Hall–Kier alpha value is -3.32. The summed E-state index contributed by atoms with van der Waals surface area (Å²) in [6.45, 7) is 6.97. The van der Waals surface area contributed by atoms with Crippen molar-refractivity contribution in [1.29, 1.82) is 0 Å². The summed E-state index contributed by atoms with van der Waals surface area (Å²) in [5, 5.41) is 4.70. The van der Waals surface area contributed by atoms with E-state index in [1.807, 2.05) is 62.4 Å². The van der Waals surface area contributed by atoms with E-state index in [0.717, 1.165) is 30.1 Å². The van der Waals surface area contributed by atoms with Crippen molar-refractivity contribution in [3.8, 4) is 22.7 Å². The Morgan fingerprint density at radius 1 is 1.10 bits per heavy atom. The predicted molar refractivity (Wildman–Crippen MR) is 123 cm³/mol. The molecule has 0 bridgehead atoms. The summed E-state index contributed by atoms with van der Waals surface area (Å²) in [6.07, 6.45) is 0. The Bertz CT molecular complexity index is 1130. The van der Waals surface area contributed by atoms with Gasteiger partial charge in [-0.3, -0.25) is 4.79 Å². The molecule has 0 spiro atoms. The minimum atomic E-state index is -0.160. The van der Waals surface area contributed by atoms with Crippen LogP contribution in [0.3, 0.4) is 0 Å². The lowest BCUT2D eigenvalue weighted by Crippen LogP contribution is -2.36. The van der Waals surface area contributed by atoms with Gasteiger partial charge in [-0.15, -0.1) is 0 Å². The van der Waals surface area contributed by atoms with Crippen LogP contribution in [0.25, 0.3) is 16.9 Å². The van der Waals surface area contributed by atoms with Crippen molar-refractivity contribution in [1.82, 2.24) is 9.78 Å². The fraction of sp³-hybridized carbons (Fsp3) is 0.333. The van der Waals surface area contributed by atoms with Crippen LogP contribution < -0.4 is 20.9 Å². The summed E-state index contributed by atoms with van der Waals surface area (Å²) in [7, 11) is 1.63. The highest BCUT2D eigenvalue weighted by molar-refractivity contribution is 5.67. The zero-order chi connectivity index (χ0) is 22.0. The monoisotopic (exact) mass is 420 g/mol. The fourth-order valence-electron chi connectivity index (χ4n) is 3.75. The first kappa shape index (κ1) is 20.9. The molecule has 0 unspecified atom stereocenters. The molecule has 2 N–H and O–H groups in total. The third-order valence-electron chi connectivity index (χ3n) is 5.55. The van der Waals surface area contributed by atoms with Crippen molar-refractivity contribution >= 4 is 11.4 Å². The first-order chi connectivity index (χ1) is 15.0. The number of ether oxygens (including phenoxy) is 2. The molecule has 7 nitrogen and oxygen atoms in total. The van der Waals surface area contributed by atoms with E-state index in [4.69, 9.17) is 20.3 Å². The number of anilines is 2. The number of hydrogen-bond donors (Lipinski definition) is 1. The van der Waals surface area contributed by atoms with Crippen molar-refractivity contribution in [2.24, 2.45) is 0 Å². The Morgan fingerprint density at radius 2 is 1.87 bits per heavy atom. The van der Waals surface area contributed by atoms with Crippen LogP contribution in [0.15, 0.2) is 53.3 Å². The van der Waals surface area contributed by atoms with E-state index < -0.39 is 0 Å². The maximum atomic E-state index is 13.3. The van der Waals surface area contributed by atoms with Crippen LogP contribution in [0.5, 0.6) is 5.75 Å². The molecule has 0 atom stereocenters. The fourth-order valence-corrected chi connectivity index (χ4v) is 3.75. The first-order valence-electron chi connectivity index (χ1n) is 10.5. The average Bonchev–Trinajstić information content (AvgIpc) is 2.80. The van der Waals surface area contributed by atoms with Crippen LogP contribution in [0.2, 0.25) is 0 Å². The third-order valence-corrected chi connectivity index (χ3v) is 5.55. The van der Waals surface area contributed by atoms with Crippen molar-refractivity contribution in [2.75, 3.05) is 44.0 Å². The molecular weight excluding hydrogens is 392 g/mol. The standard InChI is InChI=1S/C24H28N4O3/c1-16(2)20-15-22(17-5-4-6-19(13-17)30-3)26-28(24(20)29)23-14-18(7-8-21(23)25)27-9-11-31-12-10-27/h4-8,13-16H,9-12,25H2,1-3H3. The van der Waals surface area contributed by atoms with Gasteiger partial charge in [0.25, 0.3) is 5.56 Å². The molecule has 31 heavy (non-hydrogen) atoms. The minimum Gasteiger partial charge on any atom is -0.497 e. The highest BCUT2D eigenvalue weighted by Crippen LogP contribution is 2.27. The molecule has 0 amide bonds. The van der Waals surface area contributed by atoms with Gasteiger partial charge in [0.05, 0.1) is 37.4 Å². The molecule has 1 aliphatic rings. The molecular formula is C24H28N4O3. The highest BCUT2D eigenvalue weighted by atomic mass is 16.5. The van der Waals surface area contributed by atoms with Gasteiger partial charge in [-0.05, 0) is 42.3 Å². The third kappa shape index (κ3) is 4.27. The minimum absolute atomic E-state index is 0.0368. The molecule has 3 aromatic rings. The van der Waals surface area contributed by atoms with E-state index in [2.05, 4.69) is 4.90 Å². The van der Waals surface area contributed by atoms with Gasteiger partial charge < -0.3 is 20.1 Å². The SMILES string of the molecule is COc1cccc(-c2cc(C(C)C)c(=O)n(-c3cc(N4CCOCC4)ccc3N)n2)c1. The summed E-state index contributed by atoms with van der Waals surface area (Å²) in [4.78, 5) is 15.6. The molecule has 0 radical (unpaired) electrons. The maximum Gasteiger partial charge on any atom is 0.275 e. The van der Waals surface area contributed by atoms with E-state index in [0.29, 0.717) is 35.8 Å². The van der Waals surface area contributed by atoms with E-state index >= 15 is 0 Å². The topological polar surface area (TPSA) is 82.6 Å². The second kappa shape index (κ2) is 8.81. The second-order valence-electron chi connectivity index (χ2n) is 7.93. The lowest BCUT2D eigenvalue weighted by atomic mass is 10.0. The van der Waals surface area contributed by atoms with Crippen molar-refractivity contribution < 1.29 is 9.47 Å². The van der Waals surface area contributed by atoms with Crippen molar-refractivity contribution in [2.45, 2.75) is 19.8 Å². The molecule has 2 aromatic carbocycles. The Morgan fingerprint density at radius 3 is 2.58 bits per heavy atom. The van der Waals surface area contributed by atoms with Gasteiger partial charge in [0.15, 0.2) is 0 Å². The average molecular weight is 421 g/mol. The molecule has 1 aromatic heterocycles. The van der Waals surface area contributed by atoms with E-state index in [-0.39, 0.29) is 11.5 Å². The van der Waals surface area contributed by atoms with Gasteiger partial charge in [-0.25, -0.2) is 0 Å². The smallest absolute Gasteiger partial charge is 0.275 e. The number of benzene rings is 2. The number of nitrogens with zero attached hydrogens (tertiary/aromatic N) is 3. The van der Waals surface area contributed by atoms with Crippen LogP contribution in [0.4, 0.5) is 11.4 Å². The van der Waals surface area contributed by atoms with E-state index in [1.54, 1.807) is 7.11 Å². The lowest BCUT2D eigenvalue weighted by molar-refractivity contribution is 0.122. The molecule has 162 valence electrons. The number of nitrogens with two attached hydrogens (primary N) is 1. The van der Waals surface area contributed by atoms with Crippen LogP contribution in [0, 0.1) is 0 Å². The number of morpholine rings is 1. The Balaban J connectivity index is 1.88. The molecule has 4 rings (SSSR count). The first-order valence-corrected chi connectivity index (χ1v) is 10.5. The summed E-state index contributed by atoms with van der Waals surface area (Å²) in [6, 6.07) is 15.3. The van der Waals surface area contributed by atoms with Crippen LogP contribution in [0.1, 0.15) is 25.3 Å². The zero-order valence-electron chi connectivity index (χ0n) is 18.2. The summed E-state index contributed by atoms with van der Waals surface area (Å²) >= 11 is 0. The van der Waals surface area contributed by atoms with Gasteiger partial charge in [-0.1, -0.05) is 26.0 Å². The Kier molecular flexibility index (Phi) is 5.95. The quantitative estimate of drug-likeness (QED) is 0.637. The highest BCUT2D eigenvalue weighted by Gasteiger charge is 2.18. The molecule has 2 heterocycles. The molecule has 0 saturated carbocycles. The van der Waals surface area contributed by atoms with E-state index in [9.17, 15) is 4.79 Å². The molecule has 1 fully saturated rings. The number of aromatic nitrogens is 2. The van der Waals surface area contributed by atoms with Gasteiger partial charge in [0.2, 0.25) is 0 Å². The predicted octanol–water partition coefficient (Wildman–Crippen LogP) is 3.45. The second-order valence-corrected chi connectivity index (χ2v) is 7.93. The normalized spacial score (nSPS) is 14.1. The summed E-state index contributed by atoms with van der Waals surface area (Å²) in [5.41, 5.74) is 10.5. The maximum absolute atomic E-state index is 13.3. The van der Waals surface area contributed by atoms with Crippen LogP contribution in [-0.2, 0) is 4.74 Å². The number of rotatable bonds is 5. The molecule has 1 aliphatic heterocycles. The zero-order valence-corrected chi connectivity index (χ0v) is 18.2. The molecule has 7 heteroatoms. The van der Waals surface area contributed by atoms with Gasteiger partial charge in [0.1, 0.15) is 5.75 Å². The number of hydrogen-bond acceptors (Lipinski definition) is 6. The summed E-state index contributed by atoms with van der Waals surface area (Å²) in [5.74, 6) is 0.770. The molecule has 1 saturated heterocycles. The van der Waals surface area contributed by atoms with Crippen LogP contribution in [-0.4, -0.2) is 43.2 Å². The van der Waals surface area contributed by atoms with Gasteiger partial charge in [-0.2, -0.15) is 9.78 Å². The lowest BCUT2D eigenvalue weighted by Gasteiger charge is -2.29. The van der Waals surface area contributed by atoms with Crippen molar-refractivity contribution in [3.05, 3.63) is 64.4 Å². The van der Waals surface area contributed by atoms with E-state index in [1.165, 1.54) is 4.68 Å². The van der Waals surface area contributed by atoms with Gasteiger partial charge >= 0.3 is 0 Å². The number of methoxy groups -OCH3 is 1. The largest absolute Gasteiger partial charge is 0.497 e. The van der Waals surface area contributed by atoms with Gasteiger partial charge in [0, 0.05) is 29.9 Å². The van der Waals surface area contributed by atoms with Crippen LogP contribution >= 0.6 is 0 Å². The van der Waals surface area contributed by atoms with Crippen molar-refractivity contribution in [3.63, 3.8) is 0 Å². The molecule has 0 aliphatic carbocycles. The Labute approximate surface area is 182 Å². The number of nitrogen functional groups attached to an aromatic ring is 1.